The predicted molar refractivity (Wildman–Crippen MR) is 120 cm³/mol. The Hall–Kier alpha value is -3.05. The van der Waals surface area contributed by atoms with Crippen molar-refractivity contribution < 1.29 is 22.8 Å². The van der Waals surface area contributed by atoms with E-state index in [4.69, 9.17) is 0 Å². The first-order valence-corrected chi connectivity index (χ1v) is 11.8. The molecule has 4 heterocycles. The van der Waals surface area contributed by atoms with Crippen LogP contribution in [0.25, 0.3) is 10.2 Å². The van der Waals surface area contributed by atoms with Gasteiger partial charge in [0.2, 0.25) is 0 Å². The second-order valence-corrected chi connectivity index (χ2v) is 9.63. The summed E-state index contributed by atoms with van der Waals surface area (Å²) in [6.07, 6.45) is -2.57. The van der Waals surface area contributed by atoms with Crippen molar-refractivity contribution in [2.75, 3.05) is 13.1 Å². The number of carbonyl (C=O) groups excluding carboxylic acids is 2. The number of urea groups is 1. The molecule has 1 N–H and O–H groups in total. The molecule has 1 unspecified atom stereocenters. The Kier molecular flexibility index (Phi) is 5.56. The number of likely N-dealkylation sites (tertiary alicyclic amines) is 1. The summed E-state index contributed by atoms with van der Waals surface area (Å²) >= 11 is 1.60. The van der Waals surface area contributed by atoms with Gasteiger partial charge in [-0.2, -0.15) is 13.2 Å². The molecular weight excluding hydrogens is 467 g/mol. The number of rotatable bonds is 4. The summed E-state index contributed by atoms with van der Waals surface area (Å²) in [5, 5.41) is 2.85. The molecule has 0 aliphatic carbocycles. The molecule has 11 heteroatoms. The maximum absolute atomic E-state index is 13.2. The number of hydrogen-bond acceptors (Lipinski definition) is 6. The summed E-state index contributed by atoms with van der Waals surface area (Å²) in [5.74, 6) is -0.339. The Balaban J connectivity index is 1.25. The van der Waals surface area contributed by atoms with Crippen molar-refractivity contribution >= 4 is 33.5 Å². The number of imide groups is 1. The van der Waals surface area contributed by atoms with Gasteiger partial charge in [0.25, 0.3) is 5.91 Å². The molecule has 2 aliphatic heterocycles. The number of benzene rings is 1. The minimum Gasteiger partial charge on any atom is -0.323 e. The third-order valence-electron chi connectivity index (χ3n) is 6.74. The Morgan fingerprint density at radius 3 is 2.59 bits per heavy atom. The SMILES string of the molecule is CC(c1ccc2scnc2c1)N1CCC2(CC1)NC(=O)N(Cc1ccc(C(F)(F)F)nc1)C2=O. The topological polar surface area (TPSA) is 78.4 Å². The number of thiazole rings is 1. The highest BCUT2D eigenvalue weighted by Gasteiger charge is 2.52. The predicted octanol–water partition coefficient (Wildman–Crippen LogP) is 4.36. The number of piperidine rings is 1. The number of nitrogens with one attached hydrogen (secondary N) is 1. The van der Waals surface area contributed by atoms with E-state index in [-0.39, 0.29) is 18.5 Å². The summed E-state index contributed by atoms with van der Waals surface area (Å²) in [7, 11) is 0. The first-order chi connectivity index (χ1) is 16.2. The number of pyridine rings is 1. The minimum absolute atomic E-state index is 0.120. The van der Waals surface area contributed by atoms with Crippen molar-refractivity contribution in [2.45, 2.75) is 44.1 Å². The third-order valence-corrected chi connectivity index (χ3v) is 7.55. The lowest BCUT2D eigenvalue weighted by molar-refractivity contribution is -0.141. The molecule has 2 fully saturated rings. The third kappa shape index (κ3) is 4.03. The Bertz CT molecular complexity index is 1240. The second-order valence-electron chi connectivity index (χ2n) is 8.74. The number of aromatic nitrogens is 2. The molecule has 7 nitrogen and oxygen atoms in total. The quantitative estimate of drug-likeness (QED) is 0.551. The summed E-state index contributed by atoms with van der Waals surface area (Å²) < 4.78 is 39.4. The molecule has 34 heavy (non-hydrogen) atoms. The molecule has 5 rings (SSSR count). The van der Waals surface area contributed by atoms with Crippen LogP contribution in [-0.2, 0) is 17.5 Å². The van der Waals surface area contributed by atoms with Gasteiger partial charge in [0.1, 0.15) is 11.2 Å². The molecule has 1 atom stereocenters. The maximum atomic E-state index is 13.2. The van der Waals surface area contributed by atoms with Crippen molar-refractivity contribution in [3.63, 3.8) is 0 Å². The minimum atomic E-state index is -4.54. The standard InChI is InChI=1S/C23H22F3N5O2S/c1-14(16-3-4-18-17(10-16)28-13-34-18)30-8-6-22(7-9-30)20(32)31(21(33)29-22)12-15-2-5-19(27-11-15)23(24,25)26/h2-5,10-11,13-14H,6-9,12H2,1H3,(H,29,33). The van der Waals surface area contributed by atoms with Crippen molar-refractivity contribution in [3.05, 3.63) is 58.9 Å². The van der Waals surface area contributed by atoms with Crippen LogP contribution in [-0.4, -0.2) is 50.3 Å². The van der Waals surface area contributed by atoms with E-state index in [2.05, 4.69) is 45.3 Å². The average molecular weight is 490 g/mol. The van der Waals surface area contributed by atoms with Gasteiger partial charge < -0.3 is 5.32 Å². The summed E-state index contributed by atoms with van der Waals surface area (Å²) in [6.45, 7) is 3.24. The lowest BCUT2D eigenvalue weighted by atomic mass is 9.86. The largest absolute Gasteiger partial charge is 0.433 e. The maximum Gasteiger partial charge on any atom is 0.433 e. The monoisotopic (exact) mass is 489 g/mol. The van der Waals surface area contributed by atoms with Crippen molar-refractivity contribution in [1.82, 2.24) is 25.1 Å². The average Bonchev–Trinajstić information content (AvgIpc) is 3.37. The Morgan fingerprint density at radius 2 is 1.91 bits per heavy atom. The van der Waals surface area contributed by atoms with Gasteiger partial charge >= 0.3 is 12.2 Å². The molecule has 1 aromatic carbocycles. The molecule has 2 saturated heterocycles. The number of fused-ring (bicyclic) bond motifs is 1. The van der Waals surface area contributed by atoms with Gasteiger partial charge in [-0.15, -0.1) is 11.3 Å². The second kappa shape index (κ2) is 8.31. The normalized spacial score (nSPS) is 19.7. The molecule has 1 spiro atoms. The number of carbonyl (C=O) groups is 2. The van der Waals surface area contributed by atoms with Crippen molar-refractivity contribution in [1.29, 1.82) is 0 Å². The zero-order chi connectivity index (χ0) is 24.1. The van der Waals surface area contributed by atoms with Crippen LogP contribution in [0.1, 0.15) is 42.6 Å². The summed E-state index contributed by atoms with van der Waals surface area (Å²) in [6, 6.07) is 7.95. The van der Waals surface area contributed by atoms with E-state index in [9.17, 15) is 22.8 Å². The molecular formula is C23H22F3N5O2S. The van der Waals surface area contributed by atoms with Gasteiger partial charge in [-0.1, -0.05) is 12.1 Å². The van der Waals surface area contributed by atoms with Crippen LogP contribution >= 0.6 is 11.3 Å². The highest BCUT2D eigenvalue weighted by molar-refractivity contribution is 7.16. The molecule has 0 radical (unpaired) electrons. The number of hydrogen-bond donors (Lipinski definition) is 1. The zero-order valence-electron chi connectivity index (χ0n) is 18.3. The first-order valence-electron chi connectivity index (χ1n) is 10.9. The van der Waals surface area contributed by atoms with E-state index >= 15 is 0 Å². The van der Waals surface area contributed by atoms with E-state index in [0.717, 1.165) is 32.9 Å². The highest BCUT2D eigenvalue weighted by atomic mass is 32.1. The fourth-order valence-corrected chi connectivity index (χ4v) is 5.32. The van der Waals surface area contributed by atoms with Crippen LogP contribution in [0, 0.1) is 0 Å². The fraction of sp³-hybridized carbons (Fsp3) is 0.391. The number of halogens is 3. The smallest absolute Gasteiger partial charge is 0.323 e. The fourth-order valence-electron chi connectivity index (χ4n) is 4.67. The Labute approximate surface area is 197 Å². The van der Waals surface area contributed by atoms with Gasteiger partial charge in [0.15, 0.2) is 0 Å². The van der Waals surface area contributed by atoms with E-state index in [1.165, 1.54) is 6.07 Å². The molecule has 3 aromatic rings. The summed E-state index contributed by atoms with van der Waals surface area (Å²) in [5.41, 5.74) is 2.30. The number of nitrogens with zero attached hydrogens (tertiary/aromatic N) is 4. The van der Waals surface area contributed by atoms with Crippen LogP contribution in [0.5, 0.6) is 0 Å². The molecule has 2 aromatic heterocycles. The number of amides is 3. The lowest BCUT2D eigenvalue weighted by Gasteiger charge is -2.40. The lowest BCUT2D eigenvalue weighted by Crippen LogP contribution is -2.55. The molecule has 0 bridgehead atoms. The first kappa shape index (κ1) is 22.7. The van der Waals surface area contributed by atoms with Crippen LogP contribution in [0.4, 0.5) is 18.0 Å². The van der Waals surface area contributed by atoms with Crippen LogP contribution in [0.15, 0.2) is 42.0 Å². The van der Waals surface area contributed by atoms with Crippen molar-refractivity contribution in [3.8, 4) is 0 Å². The van der Waals surface area contributed by atoms with Gasteiger partial charge in [0.05, 0.1) is 22.3 Å². The van der Waals surface area contributed by atoms with Gasteiger partial charge in [-0.3, -0.25) is 19.6 Å². The van der Waals surface area contributed by atoms with Crippen LogP contribution in [0.3, 0.4) is 0 Å². The van der Waals surface area contributed by atoms with Crippen molar-refractivity contribution in [2.24, 2.45) is 0 Å². The molecule has 0 saturated carbocycles. The van der Waals surface area contributed by atoms with Crippen LogP contribution in [0.2, 0.25) is 0 Å². The highest BCUT2D eigenvalue weighted by Crippen LogP contribution is 2.35. The molecule has 178 valence electrons. The van der Waals surface area contributed by atoms with Gasteiger partial charge in [0, 0.05) is 25.3 Å². The van der Waals surface area contributed by atoms with E-state index < -0.39 is 23.4 Å². The number of alkyl halides is 3. The van der Waals surface area contributed by atoms with E-state index in [1.807, 2.05) is 5.51 Å². The molecule has 3 amide bonds. The zero-order valence-corrected chi connectivity index (χ0v) is 19.1. The molecule has 2 aliphatic rings. The van der Waals surface area contributed by atoms with Gasteiger partial charge in [-0.05, 0) is 49.1 Å². The summed E-state index contributed by atoms with van der Waals surface area (Å²) in [4.78, 5) is 36.9. The Morgan fingerprint density at radius 1 is 1.15 bits per heavy atom. The van der Waals surface area contributed by atoms with E-state index in [0.29, 0.717) is 31.5 Å². The van der Waals surface area contributed by atoms with Gasteiger partial charge in [-0.25, -0.2) is 9.78 Å². The van der Waals surface area contributed by atoms with Crippen LogP contribution < -0.4 is 5.32 Å². The van der Waals surface area contributed by atoms with E-state index in [1.54, 1.807) is 11.3 Å².